The molecule has 0 radical (unpaired) electrons. The van der Waals surface area contributed by atoms with Crippen LogP contribution >= 0.6 is 7.82 Å². The molecule has 0 saturated carbocycles. The Balaban J connectivity index is -0.00000112. The maximum absolute atomic E-state index is 10.1. The first-order valence-electron chi connectivity index (χ1n) is 6.12. The van der Waals surface area contributed by atoms with Gasteiger partial charge in [0.1, 0.15) is 0 Å². The zero-order valence-electron chi connectivity index (χ0n) is 12.3. The van der Waals surface area contributed by atoms with Crippen molar-refractivity contribution < 1.29 is 78.0 Å². The molecule has 18 heavy (non-hydrogen) atoms. The van der Waals surface area contributed by atoms with Crippen LogP contribution in [-0.2, 0) is 9.09 Å². The van der Waals surface area contributed by atoms with Gasteiger partial charge in [-0.1, -0.05) is 52.4 Å². The van der Waals surface area contributed by atoms with Gasteiger partial charge in [0.25, 0.3) is 0 Å². The van der Waals surface area contributed by atoms with Crippen molar-refractivity contribution in [2.45, 2.75) is 58.8 Å². The van der Waals surface area contributed by atoms with Gasteiger partial charge in [-0.25, -0.2) is 0 Å². The third-order valence-electron chi connectivity index (χ3n) is 2.62. The Morgan fingerprint density at radius 3 is 2.11 bits per heavy atom. The predicted molar refractivity (Wildman–Crippen MR) is 60.7 cm³/mol. The molecule has 7 heteroatoms. The van der Waals surface area contributed by atoms with Crippen LogP contribution in [0.3, 0.4) is 0 Å². The first-order valence-corrected chi connectivity index (χ1v) is 7.58. The molecule has 0 N–H and O–H groups in total. The summed E-state index contributed by atoms with van der Waals surface area (Å²) < 4.78 is 14.3. The largest absolute Gasteiger partial charge is 1.00 e. The molecule has 0 aliphatic carbocycles. The van der Waals surface area contributed by atoms with E-state index in [1.165, 1.54) is 25.7 Å². The number of rotatable bonds is 10. The predicted octanol–water partition coefficient (Wildman–Crippen LogP) is -3.77. The van der Waals surface area contributed by atoms with Crippen molar-refractivity contribution in [1.82, 2.24) is 0 Å². The Kier molecular flexibility index (Phi) is 21.6. The molecule has 0 aliphatic heterocycles. The van der Waals surface area contributed by atoms with E-state index in [1.54, 1.807) is 0 Å². The molecule has 0 aromatic heterocycles. The summed E-state index contributed by atoms with van der Waals surface area (Å²) in [7, 11) is -4.75. The molecule has 0 saturated heterocycles. The van der Waals surface area contributed by atoms with Crippen molar-refractivity contribution in [1.29, 1.82) is 0 Å². The maximum Gasteiger partial charge on any atom is 1.00 e. The minimum absolute atomic E-state index is 0. The van der Waals surface area contributed by atoms with E-state index in [-0.39, 0.29) is 65.7 Å². The molecule has 98 valence electrons. The fourth-order valence-corrected chi connectivity index (χ4v) is 2.11. The number of phosphoric acid groups is 1. The first kappa shape index (κ1) is 25.1. The molecule has 1 atom stereocenters. The second kappa shape index (κ2) is 15.5. The molecule has 0 fully saturated rings. The summed E-state index contributed by atoms with van der Waals surface area (Å²) in [5.41, 5.74) is 0. The Labute approximate surface area is 155 Å². The standard InChI is InChI=1S/C11H25O4P.2Na/c1-3-8-11(2)9-6-4-5-7-10-15-16(12,13)14;;/h11H,3-10H2,1-2H3,(H2,12,13,14);;/q;2*+1/p-2. The van der Waals surface area contributed by atoms with E-state index in [2.05, 4.69) is 18.4 Å². The van der Waals surface area contributed by atoms with Crippen LogP contribution in [0.5, 0.6) is 0 Å². The van der Waals surface area contributed by atoms with Gasteiger partial charge in [-0.05, 0) is 12.3 Å². The fraction of sp³-hybridized carbons (Fsp3) is 1.00. The van der Waals surface area contributed by atoms with Gasteiger partial charge in [0, 0.05) is 0 Å². The van der Waals surface area contributed by atoms with Crippen molar-refractivity contribution in [3.05, 3.63) is 0 Å². The zero-order valence-corrected chi connectivity index (χ0v) is 17.2. The van der Waals surface area contributed by atoms with Crippen LogP contribution in [0.1, 0.15) is 58.8 Å². The van der Waals surface area contributed by atoms with Crippen LogP contribution in [0.15, 0.2) is 0 Å². The average molecular weight is 296 g/mol. The third kappa shape index (κ3) is 20.4. The van der Waals surface area contributed by atoms with E-state index in [4.69, 9.17) is 0 Å². The van der Waals surface area contributed by atoms with Gasteiger partial charge in [-0.15, -0.1) is 0 Å². The van der Waals surface area contributed by atoms with Gasteiger partial charge in [0.2, 0.25) is 0 Å². The SMILES string of the molecule is CCCC(C)CCCCCCOP(=O)([O-])[O-].[Na+].[Na+]. The summed E-state index contributed by atoms with van der Waals surface area (Å²) >= 11 is 0. The molecule has 0 rings (SSSR count). The molecule has 0 heterocycles. The number of hydrogen-bond acceptors (Lipinski definition) is 4. The van der Waals surface area contributed by atoms with Gasteiger partial charge < -0.3 is 18.9 Å². The maximum atomic E-state index is 10.1. The van der Waals surface area contributed by atoms with Crippen LogP contribution in [0.25, 0.3) is 0 Å². The van der Waals surface area contributed by atoms with Crippen LogP contribution in [0.4, 0.5) is 0 Å². The van der Waals surface area contributed by atoms with Crippen molar-refractivity contribution >= 4 is 7.82 Å². The topological polar surface area (TPSA) is 72.4 Å². The van der Waals surface area contributed by atoms with E-state index in [0.29, 0.717) is 6.42 Å². The van der Waals surface area contributed by atoms with Crippen LogP contribution in [0.2, 0.25) is 0 Å². The van der Waals surface area contributed by atoms with E-state index in [9.17, 15) is 14.4 Å². The fourth-order valence-electron chi connectivity index (χ4n) is 1.76. The molecule has 4 nitrogen and oxygen atoms in total. The summed E-state index contributed by atoms with van der Waals surface area (Å²) in [4.78, 5) is 20.3. The first-order chi connectivity index (χ1) is 7.45. The van der Waals surface area contributed by atoms with E-state index in [1.807, 2.05) is 0 Å². The molecular formula is C11H23Na2O4P. The van der Waals surface area contributed by atoms with E-state index >= 15 is 0 Å². The molecule has 1 unspecified atom stereocenters. The molecule has 0 spiro atoms. The second-order valence-electron chi connectivity index (χ2n) is 4.38. The Morgan fingerprint density at radius 1 is 1.06 bits per heavy atom. The monoisotopic (exact) mass is 296 g/mol. The zero-order chi connectivity index (χ0) is 12.4. The Hall–Kier alpha value is 2.11. The molecular weight excluding hydrogens is 273 g/mol. The number of unbranched alkanes of at least 4 members (excludes halogenated alkanes) is 3. The van der Waals surface area contributed by atoms with Gasteiger partial charge in [-0.3, -0.25) is 0 Å². The van der Waals surface area contributed by atoms with Gasteiger partial charge in [-0.2, -0.15) is 0 Å². The molecule has 0 bridgehead atoms. The second-order valence-corrected chi connectivity index (χ2v) is 5.53. The van der Waals surface area contributed by atoms with Crippen molar-refractivity contribution in [2.24, 2.45) is 5.92 Å². The number of phosphoric ester groups is 1. The average Bonchev–Trinajstić information content (AvgIpc) is 2.15. The molecule has 0 aromatic carbocycles. The Morgan fingerprint density at radius 2 is 1.61 bits per heavy atom. The summed E-state index contributed by atoms with van der Waals surface area (Å²) in [6.07, 6.45) is 7.58. The summed E-state index contributed by atoms with van der Waals surface area (Å²) in [5, 5.41) is 0. The number of hydrogen-bond donors (Lipinski definition) is 0. The van der Waals surface area contributed by atoms with Crippen LogP contribution < -0.4 is 68.9 Å². The quantitative estimate of drug-likeness (QED) is 0.236. The third-order valence-corrected chi connectivity index (χ3v) is 3.12. The van der Waals surface area contributed by atoms with Gasteiger partial charge in [0.15, 0.2) is 0 Å². The molecule has 0 aromatic rings. The molecule has 0 amide bonds. The van der Waals surface area contributed by atoms with Gasteiger partial charge in [0.05, 0.1) is 14.4 Å². The molecule has 0 aliphatic rings. The smallest absolute Gasteiger partial charge is 0.790 e. The van der Waals surface area contributed by atoms with Crippen LogP contribution in [-0.4, -0.2) is 6.61 Å². The summed E-state index contributed by atoms with van der Waals surface area (Å²) in [6.45, 7) is 4.49. The van der Waals surface area contributed by atoms with Crippen molar-refractivity contribution in [3.63, 3.8) is 0 Å². The van der Waals surface area contributed by atoms with Crippen molar-refractivity contribution in [3.8, 4) is 0 Å². The van der Waals surface area contributed by atoms with Crippen molar-refractivity contribution in [2.75, 3.05) is 6.61 Å². The normalized spacial score (nSPS) is 12.4. The summed E-state index contributed by atoms with van der Waals surface area (Å²) in [6, 6.07) is 0. The van der Waals surface area contributed by atoms with E-state index in [0.717, 1.165) is 18.8 Å². The van der Waals surface area contributed by atoms with E-state index < -0.39 is 7.82 Å². The van der Waals surface area contributed by atoms with Gasteiger partial charge >= 0.3 is 59.1 Å². The summed E-state index contributed by atoms with van der Waals surface area (Å²) in [5.74, 6) is 0.782. The minimum Gasteiger partial charge on any atom is -0.790 e. The van der Waals surface area contributed by atoms with Crippen LogP contribution in [0, 0.1) is 5.92 Å². The Bertz CT molecular complexity index is 211. The minimum atomic E-state index is -4.75.